The van der Waals surface area contributed by atoms with Crippen LogP contribution in [0.25, 0.3) is 11.2 Å². The summed E-state index contributed by atoms with van der Waals surface area (Å²) in [6.45, 7) is -1.01. The first-order valence-electron chi connectivity index (χ1n) is 8.61. The van der Waals surface area contributed by atoms with E-state index in [1.165, 1.54) is 17.2 Å². The highest BCUT2D eigenvalue weighted by Crippen LogP contribution is 2.36. The van der Waals surface area contributed by atoms with Crippen molar-refractivity contribution in [1.82, 2.24) is 19.5 Å². The second kappa shape index (κ2) is 7.46. The van der Waals surface area contributed by atoms with E-state index < -0.39 is 62.4 Å². The minimum atomic E-state index is -1.45. The summed E-state index contributed by atoms with van der Waals surface area (Å²) >= 11 is 0. The summed E-state index contributed by atoms with van der Waals surface area (Å²) in [5, 5.41) is 49.2. The number of aromatic nitrogens is 4. The van der Waals surface area contributed by atoms with Gasteiger partial charge < -0.3 is 45.5 Å². The van der Waals surface area contributed by atoms with E-state index in [1.54, 1.807) is 0 Å². The average molecular weight is 399 g/mol. The molecule has 2 aromatic heterocycles. The van der Waals surface area contributed by atoms with Crippen LogP contribution in [0, 0.1) is 0 Å². The molecule has 0 aliphatic carbocycles. The number of nitrogens with zero attached hydrogens (tertiary/aromatic N) is 4. The zero-order valence-corrected chi connectivity index (χ0v) is 14.5. The SMILES string of the molecule is Nc1ncnc2c1ncn2[C@@H]1O[C@H](CO)[C@@H](O)[C@H]1OC1O[C@H](CO)[C@@H](O)[C@H]1O. The number of nitrogens with two attached hydrogens (primary N) is 1. The Hall–Kier alpha value is -1.97. The number of rotatable bonds is 5. The van der Waals surface area contributed by atoms with Gasteiger partial charge in [0.15, 0.2) is 24.0 Å². The fourth-order valence-corrected chi connectivity index (χ4v) is 3.43. The van der Waals surface area contributed by atoms with Crippen molar-refractivity contribution in [3.63, 3.8) is 0 Å². The number of hydrogen-bond donors (Lipinski definition) is 6. The van der Waals surface area contributed by atoms with Gasteiger partial charge in [-0.3, -0.25) is 4.57 Å². The Balaban J connectivity index is 1.64. The van der Waals surface area contributed by atoms with Crippen molar-refractivity contribution in [1.29, 1.82) is 0 Å². The third-order valence-electron chi connectivity index (χ3n) is 4.94. The molecule has 0 spiro atoms. The number of nitrogen functional groups attached to an aromatic ring is 1. The number of ether oxygens (including phenoxy) is 3. The molecule has 2 fully saturated rings. The quantitative estimate of drug-likeness (QED) is 0.290. The smallest absolute Gasteiger partial charge is 0.187 e. The Kier molecular flexibility index (Phi) is 5.15. The Bertz CT molecular complexity index is 836. The topological polar surface area (TPSA) is 198 Å². The van der Waals surface area contributed by atoms with Crippen LogP contribution in [-0.2, 0) is 14.2 Å². The maximum absolute atomic E-state index is 10.5. The van der Waals surface area contributed by atoms with E-state index in [0.717, 1.165) is 0 Å². The van der Waals surface area contributed by atoms with Crippen molar-refractivity contribution in [3.8, 4) is 0 Å². The predicted molar refractivity (Wildman–Crippen MR) is 89.4 cm³/mol. The molecule has 0 amide bonds. The monoisotopic (exact) mass is 399 g/mol. The Morgan fingerprint density at radius 1 is 1.00 bits per heavy atom. The number of hydrogen-bond acceptors (Lipinski definition) is 12. The first-order chi connectivity index (χ1) is 13.5. The fraction of sp³-hybridized carbons (Fsp3) is 0.667. The van der Waals surface area contributed by atoms with Gasteiger partial charge in [-0.1, -0.05) is 0 Å². The third kappa shape index (κ3) is 3.01. The highest BCUT2D eigenvalue weighted by molar-refractivity contribution is 5.81. The van der Waals surface area contributed by atoms with Crippen molar-refractivity contribution < 1.29 is 39.7 Å². The van der Waals surface area contributed by atoms with Gasteiger partial charge in [0.1, 0.15) is 48.5 Å². The van der Waals surface area contributed by atoms with Crippen LogP contribution in [0.2, 0.25) is 0 Å². The van der Waals surface area contributed by atoms with E-state index in [9.17, 15) is 25.5 Å². The highest BCUT2D eigenvalue weighted by atomic mass is 16.7. The summed E-state index contributed by atoms with van der Waals surface area (Å²) in [5.74, 6) is 0.155. The lowest BCUT2D eigenvalue weighted by atomic mass is 10.1. The van der Waals surface area contributed by atoms with Crippen LogP contribution in [0.3, 0.4) is 0 Å². The standard InChI is InChI=1S/C15H21N5O8/c16-12-7-13(18-3-17-12)20(4-19-7)14-11(9(24)6(2-22)26-14)28-15-10(25)8(23)5(1-21)27-15/h3-6,8-11,14-15,21-25H,1-2H2,(H2,16,17,18)/t5-,6-,8-,9-,10-,11-,14-,15?/m1/s1. The van der Waals surface area contributed by atoms with Crippen LogP contribution in [0.4, 0.5) is 5.82 Å². The molecule has 4 heterocycles. The minimum Gasteiger partial charge on any atom is -0.394 e. The molecule has 8 atom stereocenters. The van der Waals surface area contributed by atoms with Crippen LogP contribution in [0.1, 0.15) is 6.23 Å². The van der Waals surface area contributed by atoms with E-state index >= 15 is 0 Å². The van der Waals surface area contributed by atoms with Crippen molar-refractivity contribution in [2.45, 2.75) is 49.1 Å². The third-order valence-corrected chi connectivity index (χ3v) is 4.94. The fourth-order valence-electron chi connectivity index (χ4n) is 3.43. The van der Waals surface area contributed by atoms with Crippen LogP contribution >= 0.6 is 0 Å². The van der Waals surface area contributed by atoms with E-state index in [1.807, 2.05) is 0 Å². The molecule has 0 saturated carbocycles. The van der Waals surface area contributed by atoms with Crippen LogP contribution in [-0.4, -0.2) is 101 Å². The maximum Gasteiger partial charge on any atom is 0.187 e. The molecule has 2 saturated heterocycles. The molecule has 154 valence electrons. The van der Waals surface area contributed by atoms with Crippen LogP contribution in [0.5, 0.6) is 0 Å². The molecule has 2 aliphatic heterocycles. The Morgan fingerprint density at radius 3 is 2.39 bits per heavy atom. The zero-order chi connectivity index (χ0) is 20.0. The minimum absolute atomic E-state index is 0.155. The molecule has 1 unspecified atom stereocenters. The van der Waals surface area contributed by atoms with Crippen molar-refractivity contribution in [2.24, 2.45) is 0 Å². The van der Waals surface area contributed by atoms with E-state index in [4.69, 9.17) is 19.9 Å². The zero-order valence-electron chi connectivity index (χ0n) is 14.5. The second-order valence-corrected chi connectivity index (χ2v) is 6.63. The molecule has 28 heavy (non-hydrogen) atoms. The Morgan fingerprint density at radius 2 is 1.71 bits per heavy atom. The molecule has 0 radical (unpaired) electrons. The van der Waals surface area contributed by atoms with Crippen LogP contribution in [0.15, 0.2) is 12.7 Å². The van der Waals surface area contributed by atoms with Gasteiger partial charge in [0.2, 0.25) is 0 Å². The highest BCUT2D eigenvalue weighted by Gasteiger charge is 2.51. The van der Waals surface area contributed by atoms with Gasteiger partial charge in [0, 0.05) is 0 Å². The second-order valence-electron chi connectivity index (χ2n) is 6.63. The lowest BCUT2D eigenvalue weighted by Crippen LogP contribution is -2.42. The van der Waals surface area contributed by atoms with Crippen molar-refractivity contribution >= 4 is 17.0 Å². The van der Waals surface area contributed by atoms with Gasteiger partial charge in [-0.25, -0.2) is 15.0 Å². The number of fused-ring (bicyclic) bond motifs is 1. The Labute approximate surface area is 157 Å². The number of imidazole rings is 1. The van der Waals surface area contributed by atoms with Crippen molar-refractivity contribution in [3.05, 3.63) is 12.7 Å². The summed E-state index contributed by atoms with van der Waals surface area (Å²) in [5.41, 5.74) is 6.42. The molecule has 0 bridgehead atoms. The maximum atomic E-state index is 10.5. The summed E-state index contributed by atoms with van der Waals surface area (Å²) in [6, 6.07) is 0. The predicted octanol–water partition coefficient (Wildman–Crippen LogP) is -3.52. The van der Waals surface area contributed by atoms with E-state index in [2.05, 4.69) is 15.0 Å². The van der Waals surface area contributed by atoms with E-state index in [-0.39, 0.29) is 5.82 Å². The molecular formula is C15H21N5O8. The lowest BCUT2D eigenvalue weighted by Gasteiger charge is -2.26. The molecule has 0 aromatic carbocycles. The van der Waals surface area contributed by atoms with Gasteiger partial charge >= 0.3 is 0 Å². The van der Waals surface area contributed by atoms with Gasteiger partial charge in [0.25, 0.3) is 0 Å². The van der Waals surface area contributed by atoms with Gasteiger partial charge in [-0.15, -0.1) is 0 Å². The summed E-state index contributed by atoms with van der Waals surface area (Å²) in [4.78, 5) is 12.1. The average Bonchev–Trinajstić information content (AvgIpc) is 3.33. The van der Waals surface area contributed by atoms with Gasteiger partial charge in [0.05, 0.1) is 19.5 Å². The van der Waals surface area contributed by atoms with E-state index in [0.29, 0.717) is 11.2 Å². The molecule has 2 aromatic rings. The molecule has 13 nitrogen and oxygen atoms in total. The summed E-state index contributed by atoms with van der Waals surface area (Å²) in [6.07, 6.45) is -6.93. The van der Waals surface area contributed by atoms with Gasteiger partial charge in [-0.2, -0.15) is 0 Å². The summed E-state index contributed by atoms with van der Waals surface area (Å²) in [7, 11) is 0. The van der Waals surface area contributed by atoms with Crippen molar-refractivity contribution in [2.75, 3.05) is 18.9 Å². The number of aliphatic hydroxyl groups is 5. The molecule has 7 N–H and O–H groups in total. The van der Waals surface area contributed by atoms with Gasteiger partial charge in [-0.05, 0) is 0 Å². The van der Waals surface area contributed by atoms with Crippen LogP contribution < -0.4 is 5.73 Å². The molecule has 2 aliphatic rings. The molecular weight excluding hydrogens is 378 g/mol. The summed E-state index contributed by atoms with van der Waals surface area (Å²) < 4.78 is 18.2. The molecule has 4 rings (SSSR count). The first-order valence-corrected chi connectivity index (χ1v) is 8.61. The normalized spacial score (nSPS) is 38.5. The molecule has 13 heteroatoms. The number of aliphatic hydroxyl groups excluding tert-OH is 5. The lowest BCUT2D eigenvalue weighted by molar-refractivity contribution is -0.219. The largest absolute Gasteiger partial charge is 0.394 e. The number of anilines is 1. The first kappa shape index (κ1) is 19.4.